The average Bonchev–Trinajstić information content (AvgIpc) is 2.48. The number of halogens is 1. The zero-order valence-corrected chi connectivity index (χ0v) is 12.8. The average molecular weight is 293 g/mol. The van der Waals surface area contributed by atoms with E-state index in [4.69, 9.17) is 0 Å². The predicted octanol–water partition coefficient (Wildman–Crippen LogP) is 3.20. The molecule has 0 spiro atoms. The molecule has 4 heteroatoms. The lowest BCUT2D eigenvalue weighted by atomic mass is 9.78. The summed E-state index contributed by atoms with van der Waals surface area (Å²) in [6.07, 6.45) is 4.58. The fourth-order valence-corrected chi connectivity index (χ4v) is 2.98. The summed E-state index contributed by atoms with van der Waals surface area (Å²) in [4.78, 5) is 12.1. The van der Waals surface area contributed by atoms with Gasteiger partial charge in [-0.25, -0.2) is 4.39 Å². The zero-order valence-electron chi connectivity index (χ0n) is 12.8. The van der Waals surface area contributed by atoms with Gasteiger partial charge in [-0.1, -0.05) is 19.4 Å². The number of amides is 1. The topological polar surface area (TPSA) is 49.3 Å². The van der Waals surface area contributed by atoms with Crippen molar-refractivity contribution in [3.05, 3.63) is 35.1 Å². The van der Waals surface area contributed by atoms with E-state index in [1.807, 2.05) is 0 Å². The molecule has 1 amide bonds. The Kier molecular flexibility index (Phi) is 4.99. The highest BCUT2D eigenvalue weighted by Crippen LogP contribution is 2.33. The van der Waals surface area contributed by atoms with E-state index < -0.39 is 11.4 Å². The van der Waals surface area contributed by atoms with Crippen molar-refractivity contribution >= 4 is 5.91 Å². The monoisotopic (exact) mass is 293 g/mol. The number of carbonyl (C=O) groups excluding carboxylic acids is 1. The number of aryl methyl sites for hydroxylation is 1. The minimum Gasteiger partial charge on any atom is -0.388 e. The van der Waals surface area contributed by atoms with Gasteiger partial charge < -0.3 is 10.4 Å². The quantitative estimate of drug-likeness (QED) is 0.895. The number of benzene rings is 1. The molecule has 116 valence electrons. The molecule has 0 atom stereocenters. The molecule has 2 rings (SSSR count). The number of hydrogen-bond donors (Lipinski definition) is 2. The van der Waals surface area contributed by atoms with Crippen LogP contribution in [0.3, 0.4) is 0 Å². The van der Waals surface area contributed by atoms with E-state index in [9.17, 15) is 14.3 Å². The summed E-state index contributed by atoms with van der Waals surface area (Å²) in [6.45, 7) is 4.18. The summed E-state index contributed by atoms with van der Waals surface area (Å²) < 4.78 is 13.2. The summed E-state index contributed by atoms with van der Waals surface area (Å²) >= 11 is 0. The molecule has 1 aromatic rings. The van der Waals surface area contributed by atoms with Crippen LogP contribution in [0.5, 0.6) is 0 Å². The van der Waals surface area contributed by atoms with E-state index in [2.05, 4.69) is 12.2 Å². The molecule has 0 heterocycles. The Bertz CT molecular complexity index is 508. The van der Waals surface area contributed by atoms with Gasteiger partial charge in [0.05, 0.1) is 5.60 Å². The predicted molar refractivity (Wildman–Crippen MR) is 80.7 cm³/mol. The Balaban J connectivity index is 1.93. The van der Waals surface area contributed by atoms with E-state index in [1.165, 1.54) is 12.1 Å². The molecule has 0 radical (unpaired) electrons. The molecule has 1 fully saturated rings. The van der Waals surface area contributed by atoms with Gasteiger partial charge in [0.25, 0.3) is 5.91 Å². The number of nitrogens with one attached hydrogen (secondary N) is 1. The Morgan fingerprint density at radius 3 is 2.71 bits per heavy atom. The molecule has 0 aliphatic heterocycles. The van der Waals surface area contributed by atoms with Crippen LogP contribution in [0.4, 0.5) is 4.39 Å². The number of hydrogen-bond acceptors (Lipinski definition) is 2. The number of carbonyl (C=O) groups is 1. The van der Waals surface area contributed by atoms with Crippen molar-refractivity contribution in [3.8, 4) is 0 Å². The van der Waals surface area contributed by atoms with E-state index in [-0.39, 0.29) is 12.5 Å². The third kappa shape index (κ3) is 4.03. The normalized spacial score (nSPS) is 25.6. The van der Waals surface area contributed by atoms with Crippen molar-refractivity contribution in [1.82, 2.24) is 5.32 Å². The van der Waals surface area contributed by atoms with E-state index in [0.29, 0.717) is 24.3 Å². The lowest BCUT2D eigenvalue weighted by Crippen LogP contribution is -2.45. The minimum atomic E-state index is -0.817. The Morgan fingerprint density at radius 2 is 2.10 bits per heavy atom. The fourth-order valence-electron chi connectivity index (χ4n) is 2.98. The fraction of sp³-hybridized carbons (Fsp3) is 0.588. The molecule has 3 nitrogen and oxygen atoms in total. The van der Waals surface area contributed by atoms with Crippen LogP contribution in [-0.2, 0) is 0 Å². The highest BCUT2D eigenvalue weighted by molar-refractivity contribution is 5.95. The summed E-state index contributed by atoms with van der Waals surface area (Å²) in [5, 5.41) is 13.3. The third-order valence-electron chi connectivity index (χ3n) is 4.64. The first-order valence-electron chi connectivity index (χ1n) is 7.70. The van der Waals surface area contributed by atoms with Crippen LogP contribution in [0.15, 0.2) is 18.2 Å². The second-order valence-electron chi connectivity index (χ2n) is 6.22. The molecule has 1 aliphatic rings. The summed E-state index contributed by atoms with van der Waals surface area (Å²) in [5.74, 6) is -0.0580. The van der Waals surface area contributed by atoms with Crippen molar-refractivity contribution in [1.29, 1.82) is 0 Å². The number of rotatable bonds is 4. The van der Waals surface area contributed by atoms with Crippen LogP contribution in [-0.4, -0.2) is 23.2 Å². The molecule has 0 saturated heterocycles. The van der Waals surface area contributed by atoms with Gasteiger partial charge in [-0.05, 0) is 56.2 Å². The van der Waals surface area contributed by atoms with Gasteiger partial charge in [0.2, 0.25) is 0 Å². The first kappa shape index (κ1) is 16.0. The molecular formula is C17H24FNO2. The zero-order chi connectivity index (χ0) is 15.5. The molecule has 21 heavy (non-hydrogen) atoms. The van der Waals surface area contributed by atoms with Gasteiger partial charge in [0, 0.05) is 12.1 Å². The molecule has 2 N–H and O–H groups in total. The first-order valence-corrected chi connectivity index (χ1v) is 7.70. The smallest absolute Gasteiger partial charge is 0.251 e. The van der Waals surface area contributed by atoms with Crippen LogP contribution < -0.4 is 5.32 Å². The summed E-state index contributed by atoms with van der Waals surface area (Å²) in [7, 11) is 0. The summed E-state index contributed by atoms with van der Waals surface area (Å²) in [6, 6.07) is 4.17. The maximum absolute atomic E-state index is 13.2. The van der Waals surface area contributed by atoms with Gasteiger partial charge in [-0.15, -0.1) is 0 Å². The SMILES string of the molecule is CCC1CCC(O)(CNC(=O)c2cc(F)ccc2C)CC1. The second kappa shape index (κ2) is 6.56. The minimum absolute atomic E-state index is 0.234. The molecule has 1 aromatic carbocycles. The Labute approximate surface area is 125 Å². The van der Waals surface area contributed by atoms with E-state index in [0.717, 1.165) is 24.8 Å². The molecule has 0 bridgehead atoms. The van der Waals surface area contributed by atoms with E-state index >= 15 is 0 Å². The van der Waals surface area contributed by atoms with Gasteiger partial charge in [-0.2, -0.15) is 0 Å². The molecule has 1 saturated carbocycles. The highest BCUT2D eigenvalue weighted by Gasteiger charge is 2.33. The molecule has 0 aromatic heterocycles. The van der Waals surface area contributed by atoms with Crippen LogP contribution in [0, 0.1) is 18.7 Å². The molecular weight excluding hydrogens is 269 g/mol. The van der Waals surface area contributed by atoms with Gasteiger partial charge >= 0.3 is 0 Å². The van der Waals surface area contributed by atoms with Crippen molar-refractivity contribution in [2.24, 2.45) is 5.92 Å². The van der Waals surface area contributed by atoms with Gasteiger partial charge in [0.15, 0.2) is 0 Å². The van der Waals surface area contributed by atoms with Crippen molar-refractivity contribution in [2.75, 3.05) is 6.54 Å². The van der Waals surface area contributed by atoms with Gasteiger partial charge in [-0.3, -0.25) is 4.79 Å². The maximum Gasteiger partial charge on any atom is 0.251 e. The summed E-state index contributed by atoms with van der Waals surface area (Å²) in [5.41, 5.74) is 0.249. The Hall–Kier alpha value is -1.42. The maximum atomic E-state index is 13.2. The largest absolute Gasteiger partial charge is 0.388 e. The second-order valence-corrected chi connectivity index (χ2v) is 6.22. The third-order valence-corrected chi connectivity index (χ3v) is 4.64. The molecule has 0 unspecified atom stereocenters. The van der Waals surface area contributed by atoms with Crippen LogP contribution in [0.25, 0.3) is 0 Å². The van der Waals surface area contributed by atoms with Crippen LogP contribution >= 0.6 is 0 Å². The molecule has 1 aliphatic carbocycles. The van der Waals surface area contributed by atoms with Gasteiger partial charge in [0.1, 0.15) is 5.82 Å². The van der Waals surface area contributed by atoms with Crippen LogP contribution in [0.1, 0.15) is 54.9 Å². The van der Waals surface area contributed by atoms with Crippen molar-refractivity contribution < 1.29 is 14.3 Å². The lowest BCUT2D eigenvalue weighted by molar-refractivity contribution is -0.00787. The Morgan fingerprint density at radius 1 is 1.43 bits per heavy atom. The first-order chi connectivity index (χ1) is 9.93. The standard InChI is InChI=1S/C17H24FNO2/c1-3-13-6-8-17(21,9-7-13)11-19-16(20)15-10-14(18)5-4-12(15)2/h4-5,10,13,21H,3,6-9,11H2,1-2H3,(H,19,20). The van der Waals surface area contributed by atoms with Crippen LogP contribution in [0.2, 0.25) is 0 Å². The van der Waals surface area contributed by atoms with Crippen molar-refractivity contribution in [3.63, 3.8) is 0 Å². The number of aliphatic hydroxyl groups is 1. The van der Waals surface area contributed by atoms with E-state index in [1.54, 1.807) is 13.0 Å². The highest BCUT2D eigenvalue weighted by atomic mass is 19.1. The van der Waals surface area contributed by atoms with Crippen molar-refractivity contribution in [2.45, 2.75) is 51.6 Å². The lowest BCUT2D eigenvalue weighted by Gasteiger charge is -2.35.